The maximum Gasteiger partial charge on any atom is 0.416 e. The molecule has 1 fully saturated rings. The van der Waals surface area contributed by atoms with E-state index in [0.29, 0.717) is 12.8 Å². The minimum Gasteiger partial charge on any atom is -0.447 e. The summed E-state index contributed by atoms with van der Waals surface area (Å²) in [5, 5.41) is 0. The third-order valence-corrected chi connectivity index (χ3v) is 7.33. The monoisotopic (exact) mass is 497 g/mol. The molecule has 1 heterocycles. The molecule has 1 aromatic carbocycles. The van der Waals surface area contributed by atoms with Crippen molar-refractivity contribution in [3.05, 3.63) is 48.0 Å². The van der Waals surface area contributed by atoms with Crippen molar-refractivity contribution < 1.29 is 14.3 Å². The van der Waals surface area contributed by atoms with E-state index in [9.17, 15) is 9.59 Å². The summed E-state index contributed by atoms with van der Waals surface area (Å²) in [4.78, 5) is 27.6. The van der Waals surface area contributed by atoms with Gasteiger partial charge in [-0.1, -0.05) is 133 Å². The van der Waals surface area contributed by atoms with Crippen LogP contribution in [-0.2, 0) is 16.0 Å². The Bertz CT molecular complexity index is 745. The van der Waals surface area contributed by atoms with E-state index in [1.54, 1.807) is 0 Å². The van der Waals surface area contributed by atoms with Crippen molar-refractivity contribution in [1.82, 2.24) is 4.90 Å². The topological polar surface area (TPSA) is 46.6 Å². The second kappa shape index (κ2) is 19.1. The highest BCUT2D eigenvalue weighted by atomic mass is 16.6. The first-order valence-electron chi connectivity index (χ1n) is 14.9. The fourth-order valence-electron chi connectivity index (χ4n) is 5.07. The first-order valence-corrected chi connectivity index (χ1v) is 14.9. The van der Waals surface area contributed by atoms with Crippen molar-refractivity contribution >= 4 is 12.0 Å². The lowest BCUT2D eigenvalue weighted by Gasteiger charge is -2.24. The average Bonchev–Trinajstić information content (AvgIpc) is 3.25. The van der Waals surface area contributed by atoms with Crippen LogP contribution in [0.2, 0.25) is 0 Å². The van der Waals surface area contributed by atoms with E-state index in [1.807, 2.05) is 30.3 Å². The summed E-state index contributed by atoms with van der Waals surface area (Å²) in [5.74, 6) is -0.198. The van der Waals surface area contributed by atoms with E-state index < -0.39 is 6.09 Å². The van der Waals surface area contributed by atoms with E-state index in [-0.39, 0.29) is 24.5 Å². The SMILES string of the molecule is CCCCCCCCCC/C=C/C[C@@H](CCCCCCC)C(=O)N1C(=O)OC[C@@H]1Cc1ccccc1. The first-order chi connectivity index (χ1) is 17.7. The molecule has 1 saturated heterocycles. The van der Waals surface area contributed by atoms with Crippen LogP contribution < -0.4 is 0 Å². The number of carbonyl (C=O) groups is 2. The van der Waals surface area contributed by atoms with Gasteiger partial charge < -0.3 is 4.74 Å². The summed E-state index contributed by atoms with van der Waals surface area (Å²) in [7, 11) is 0. The van der Waals surface area contributed by atoms with Crippen LogP contribution >= 0.6 is 0 Å². The standard InChI is InChI=1S/C32H51NO3/c1-3-5-7-9-10-11-12-13-14-16-21-25-29(24-20-15-8-6-4-2)31(34)33-30(27-36-32(33)35)26-28-22-18-17-19-23-28/h16-19,21-23,29-30H,3-15,20,24-27H2,1-2H3/b21-16+/t29-,30+/m1/s1. The molecule has 0 radical (unpaired) electrons. The Morgan fingerprint density at radius 3 is 2.17 bits per heavy atom. The number of rotatable bonds is 20. The Morgan fingerprint density at radius 1 is 0.889 bits per heavy atom. The van der Waals surface area contributed by atoms with Crippen LogP contribution in [0, 0.1) is 5.92 Å². The molecule has 0 saturated carbocycles. The Kier molecular flexibility index (Phi) is 16.0. The maximum atomic E-state index is 13.6. The molecular formula is C32H51NO3. The lowest BCUT2D eigenvalue weighted by atomic mass is 9.94. The van der Waals surface area contributed by atoms with E-state index in [1.165, 1.54) is 75.5 Å². The summed E-state index contributed by atoms with van der Waals surface area (Å²) in [6.45, 7) is 4.77. The second-order valence-corrected chi connectivity index (χ2v) is 10.5. The van der Waals surface area contributed by atoms with Crippen molar-refractivity contribution in [1.29, 1.82) is 0 Å². The molecule has 2 atom stereocenters. The van der Waals surface area contributed by atoms with Gasteiger partial charge in [-0.25, -0.2) is 9.69 Å². The molecule has 1 aromatic rings. The van der Waals surface area contributed by atoms with Gasteiger partial charge in [0.1, 0.15) is 6.61 Å². The van der Waals surface area contributed by atoms with Gasteiger partial charge in [0.2, 0.25) is 5.91 Å². The molecular weight excluding hydrogens is 446 g/mol. The van der Waals surface area contributed by atoms with Gasteiger partial charge in [0.25, 0.3) is 0 Å². The number of cyclic esters (lactones) is 1. The highest BCUT2D eigenvalue weighted by Crippen LogP contribution is 2.25. The number of hydrogen-bond acceptors (Lipinski definition) is 3. The third-order valence-electron chi connectivity index (χ3n) is 7.33. The number of imide groups is 1. The van der Waals surface area contributed by atoms with Crippen LogP contribution in [0.4, 0.5) is 4.79 Å². The Hall–Kier alpha value is -2.10. The number of ether oxygens (including phenoxy) is 1. The van der Waals surface area contributed by atoms with Crippen molar-refractivity contribution in [3.8, 4) is 0 Å². The zero-order chi connectivity index (χ0) is 25.8. The second-order valence-electron chi connectivity index (χ2n) is 10.5. The van der Waals surface area contributed by atoms with E-state index in [4.69, 9.17) is 4.74 Å². The number of hydrogen-bond donors (Lipinski definition) is 0. The minimum absolute atomic E-state index is 0.0503. The Morgan fingerprint density at radius 2 is 1.50 bits per heavy atom. The van der Waals surface area contributed by atoms with E-state index in [2.05, 4.69) is 26.0 Å². The van der Waals surface area contributed by atoms with Crippen LogP contribution in [0.25, 0.3) is 0 Å². The number of carbonyl (C=O) groups excluding carboxylic acids is 2. The molecule has 0 aromatic heterocycles. The summed E-state index contributed by atoms with van der Waals surface area (Å²) in [6, 6.07) is 9.86. The maximum absolute atomic E-state index is 13.6. The smallest absolute Gasteiger partial charge is 0.416 e. The minimum atomic E-state index is -0.472. The molecule has 36 heavy (non-hydrogen) atoms. The molecule has 1 aliphatic rings. The lowest BCUT2D eigenvalue weighted by molar-refractivity contribution is -0.133. The van der Waals surface area contributed by atoms with Crippen molar-refractivity contribution in [2.45, 2.75) is 129 Å². The third kappa shape index (κ3) is 11.8. The van der Waals surface area contributed by atoms with Gasteiger partial charge in [-0.3, -0.25) is 4.79 Å². The molecule has 0 bridgehead atoms. The molecule has 0 unspecified atom stereocenters. The van der Waals surface area contributed by atoms with Gasteiger partial charge in [-0.15, -0.1) is 0 Å². The highest BCUT2D eigenvalue weighted by Gasteiger charge is 2.40. The fraction of sp³-hybridized carbons (Fsp3) is 0.688. The summed E-state index contributed by atoms with van der Waals surface area (Å²) < 4.78 is 5.34. The zero-order valence-electron chi connectivity index (χ0n) is 23.1. The number of amides is 2. The van der Waals surface area contributed by atoms with Crippen molar-refractivity contribution in [2.24, 2.45) is 5.92 Å². The zero-order valence-corrected chi connectivity index (χ0v) is 23.1. The highest BCUT2D eigenvalue weighted by molar-refractivity contribution is 5.94. The Balaban J connectivity index is 1.85. The van der Waals surface area contributed by atoms with E-state index in [0.717, 1.165) is 31.2 Å². The summed E-state index contributed by atoms with van der Waals surface area (Å²) in [5.41, 5.74) is 1.12. The quantitative estimate of drug-likeness (QED) is 0.133. The van der Waals surface area contributed by atoms with Gasteiger partial charge >= 0.3 is 6.09 Å². The molecule has 0 aliphatic carbocycles. The number of allylic oxidation sites excluding steroid dienone is 2. The molecule has 4 nitrogen and oxygen atoms in total. The van der Waals surface area contributed by atoms with Gasteiger partial charge in [-0.2, -0.15) is 0 Å². The fourth-order valence-corrected chi connectivity index (χ4v) is 5.07. The number of nitrogens with zero attached hydrogens (tertiary/aromatic N) is 1. The Labute approximate surface area is 220 Å². The molecule has 4 heteroatoms. The molecule has 2 amide bonds. The van der Waals surface area contributed by atoms with Gasteiger partial charge in [0.15, 0.2) is 0 Å². The van der Waals surface area contributed by atoms with Crippen LogP contribution in [0.1, 0.15) is 122 Å². The summed E-state index contributed by atoms with van der Waals surface area (Å²) >= 11 is 0. The molecule has 2 rings (SSSR count). The van der Waals surface area contributed by atoms with Gasteiger partial charge in [0.05, 0.1) is 6.04 Å². The van der Waals surface area contributed by atoms with Crippen LogP contribution in [0.3, 0.4) is 0 Å². The van der Waals surface area contributed by atoms with Crippen molar-refractivity contribution in [2.75, 3.05) is 6.61 Å². The van der Waals surface area contributed by atoms with Gasteiger partial charge in [-0.05, 0) is 37.7 Å². The average molecular weight is 498 g/mol. The first kappa shape index (κ1) is 30.1. The molecule has 202 valence electrons. The van der Waals surface area contributed by atoms with Crippen LogP contribution in [0.15, 0.2) is 42.5 Å². The van der Waals surface area contributed by atoms with Crippen molar-refractivity contribution in [3.63, 3.8) is 0 Å². The number of unbranched alkanes of at least 4 members (excludes halogenated alkanes) is 12. The van der Waals surface area contributed by atoms with Gasteiger partial charge in [0, 0.05) is 5.92 Å². The normalized spacial score (nSPS) is 16.6. The molecule has 0 N–H and O–H groups in total. The van der Waals surface area contributed by atoms with Crippen LogP contribution in [0.5, 0.6) is 0 Å². The number of benzene rings is 1. The lowest BCUT2D eigenvalue weighted by Crippen LogP contribution is -2.43. The summed E-state index contributed by atoms with van der Waals surface area (Å²) in [6.07, 6.45) is 23.7. The van der Waals surface area contributed by atoms with E-state index >= 15 is 0 Å². The van der Waals surface area contributed by atoms with Crippen LogP contribution in [-0.4, -0.2) is 29.5 Å². The molecule has 0 spiro atoms. The predicted molar refractivity (Wildman–Crippen MR) is 150 cm³/mol. The largest absolute Gasteiger partial charge is 0.447 e. The molecule has 1 aliphatic heterocycles. The predicted octanol–water partition coefficient (Wildman–Crippen LogP) is 9.03.